The second-order valence-corrected chi connectivity index (χ2v) is 7.02. The Hall–Kier alpha value is -2.25. The van der Waals surface area contributed by atoms with E-state index in [0.717, 1.165) is 18.3 Å². The molecule has 0 aliphatic heterocycles. The fourth-order valence-corrected chi connectivity index (χ4v) is 2.85. The molecule has 0 saturated carbocycles. The molecule has 1 aromatic carbocycles. The number of nitrogens with one attached hydrogen (secondary N) is 1. The fourth-order valence-electron chi connectivity index (χ4n) is 2.72. The molecule has 1 N–H and O–H groups in total. The molecule has 8 heteroatoms. The Balaban J connectivity index is 1.84. The zero-order valence-electron chi connectivity index (χ0n) is 16.7. The molecule has 0 spiro atoms. The molecule has 148 valence electrons. The summed E-state index contributed by atoms with van der Waals surface area (Å²) in [5, 5.41) is 8.41. The Morgan fingerprint density at radius 3 is 2.56 bits per heavy atom. The number of hydrogen-bond acceptors (Lipinski definition) is 4. The van der Waals surface area contributed by atoms with Crippen LogP contribution in [0.3, 0.4) is 0 Å². The van der Waals surface area contributed by atoms with E-state index in [9.17, 15) is 0 Å². The number of halogens is 1. The molecule has 1 heterocycles. The first kappa shape index (κ1) is 21.1. The maximum absolute atomic E-state index is 5.89. The fraction of sp³-hybridized carbons (Fsp3) is 0.474. The second kappa shape index (κ2) is 10.2. The van der Waals surface area contributed by atoms with Gasteiger partial charge in [0, 0.05) is 44.5 Å². The van der Waals surface area contributed by atoms with Crippen LogP contribution in [0.2, 0.25) is 5.02 Å². The van der Waals surface area contributed by atoms with Gasteiger partial charge in [0.05, 0.1) is 18.8 Å². The second-order valence-electron chi connectivity index (χ2n) is 6.58. The third-order valence-corrected chi connectivity index (χ3v) is 4.52. The normalized spacial score (nSPS) is 12.9. The first-order valence-electron chi connectivity index (χ1n) is 8.86. The summed E-state index contributed by atoms with van der Waals surface area (Å²) < 4.78 is 7.58. The first-order chi connectivity index (χ1) is 12.9. The van der Waals surface area contributed by atoms with Gasteiger partial charge in [0.1, 0.15) is 12.4 Å². The van der Waals surface area contributed by atoms with E-state index < -0.39 is 0 Å². The number of hydrogen-bond donors (Lipinski definition) is 1. The van der Waals surface area contributed by atoms with Gasteiger partial charge in [0.2, 0.25) is 0 Å². The first-order valence-corrected chi connectivity index (χ1v) is 9.23. The zero-order chi connectivity index (χ0) is 19.8. The van der Waals surface area contributed by atoms with Crippen molar-refractivity contribution in [3.8, 4) is 5.75 Å². The highest BCUT2D eigenvalue weighted by atomic mass is 35.5. The van der Waals surface area contributed by atoms with Gasteiger partial charge in [-0.3, -0.25) is 9.67 Å². The average Bonchev–Trinajstić information content (AvgIpc) is 3.06. The van der Waals surface area contributed by atoms with Crippen molar-refractivity contribution in [1.29, 1.82) is 0 Å². The number of guanidine groups is 1. The molecule has 1 unspecified atom stereocenters. The largest absolute Gasteiger partial charge is 0.492 e. The van der Waals surface area contributed by atoms with Gasteiger partial charge in [-0.1, -0.05) is 11.6 Å². The summed E-state index contributed by atoms with van der Waals surface area (Å²) in [5.41, 5.74) is 1.17. The molecule has 2 aromatic rings. The van der Waals surface area contributed by atoms with E-state index in [1.54, 1.807) is 7.05 Å². The molecule has 1 atom stereocenters. The van der Waals surface area contributed by atoms with Crippen LogP contribution in [0.25, 0.3) is 0 Å². The van der Waals surface area contributed by atoms with Gasteiger partial charge in [-0.25, -0.2) is 0 Å². The number of ether oxygens (including phenoxy) is 1. The van der Waals surface area contributed by atoms with E-state index in [0.29, 0.717) is 18.2 Å². The van der Waals surface area contributed by atoms with Gasteiger partial charge in [-0.15, -0.1) is 0 Å². The number of aromatic nitrogens is 2. The molecular formula is C19H29ClN6O. The number of aliphatic imine (C=N–C) groups is 1. The Morgan fingerprint density at radius 1 is 1.30 bits per heavy atom. The lowest BCUT2D eigenvalue weighted by Gasteiger charge is -2.27. The van der Waals surface area contributed by atoms with Crippen molar-refractivity contribution in [3.63, 3.8) is 0 Å². The van der Waals surface area contributed by atoms with E-state index in [-0.39, 0.29) is 6.04 Å². The molecule has 0 fully saturated rings. The third-order valence-electron chi connectivity index (χ3n) is 4.27. The quantitative estimate of drug-likeness (QED) is 0.551. The summed E-state index contributed by atoms with van der Waals surface area (Å²) in [6, 6.07) is 7.58. The van der Waals surface area contributed by atoms with Crippen molar-refractivity contribution in [2.75, 3.05) is 47.9 Å². The Bertz CT molecular complexity index is 728. The Labute approximate surface area is 166 Å². The van der Waals surface area contributed by atoms with Gasteiger partial charge in [-0.05, 0) is 38.4 Å². The van der Waals surface area contributed by atoms with Crippen LogP contribution in [0.4, 0.5) is 0 Å². The minimum Gasteiger partial charge on any atom is -0.492 e. The molecular weight excluding hydrogens is 364 g/mol. The van der Waals surface area contributed by atoms with Gasteiger partial charge in [0.15, 0.2) is 5.96 Å². The van der Waals surface area contributed by atoms with Crippen LogP contribution in [-0.4, -0.2) is 73.4 Å². The summed E-state index contributed by atoms with van der Waals surface area (Å²) in [6.07, 6.45) is 3.94. The molecule has 0 saturated heterocycles. The van der Waals surface area contributed by atoms with Gasteiger partial charge in [0.25, 0.3) is 0 Å². The molecule has 0 bridgehead atoms. The van der Waals surface area contributed by atoms with Crippen molar-refractivity contribution < 1.29 is 4.74 Å². The van der Waals surface area contributed by atoms with Crippen molar-refractivity contribution in [3.05, 3.63) is 47.2 Å². The van der Waals surface area contributed by atoms with E-state index in [1.165, 1.54) is 5.56 Å². The summed E-state index contributed by atoms with van der Waals surface area (Å²) in [5.74, 6) is 1.63. The van der Waals surface area contributed by atoms with Crippen LogP contribution in [0.1, 0.15) is 11.6 Å². The molecule has 0 aliphatic rings. The summed E-state index contributed by atoms with van der Waals surface area (Å²) in [4.78, 5) is 8.59. The van der Waals surface area contributed by atoms with E-state index in [1.807, 2.05) is 60.3 Å². The molecule has 27 heavy (non-hydrogen) atoms. The van der Waals surface area contributed by atoms with Gasteiger partial charge >= 0.3 is 0 Å². The average molecular weight is 393 g/mol. The van der Waals surface area contributed by atoms with Crippen LogP contribution in [0.5, 0.6) is 5.75 Å². The molecule has 0 aliphatic carbocycles. The minimum absolute atomic E-state index is 0.203. The van der Waals surface area contributed by atoms with Crippen LogP contribution < -0.4 is 10.1 Å². The molecule has 0 radical (unpaired) electrons. The predicted molar refractivity (Wildman–Crippen MR) is 111 cm³/mol. The smallest absolute Gasteiger partial charge is 0.193 e. The molecule has 0 amide bonds. The van der Waals surface area contributed by atoms with Crippen LogP contribution in [0.15, 0.2) is 41.7 Å². The number of aryl methyl sites for hydroxylation is 1. The number of likely N-dealkylation sites (N-methyl/N-ethyl adjacent to an activating group) is 2. The monoisotopic (exact) mass is 392 g/mol. The lowest BCUT2D eigenvalue weighted by atomic mass is 10.1. The molecule has 1 aromatic heterocycles. The topological polar surface area (TPSA) is 57.9 Å². The minimum atomic E-state index is 0.203. The van der Waals surface area contributed by atoms with Gasteiger partial charge < -0.3 is 19.9 Å². The van der Waals surface area contributed by atoms with E-state index in [4.69, 9.17) is 16.3 Å². The number of rotatable bonds is 8. The van der Waals surface area contributed by atoms with Crippen molar-refractivity contribution in [2.24, 2.45) is 12.0 Å². The molecule has 2 rings (SSSR count). The van der Waals surface area contributed by atoms with E-state index >= 15 is 0 Å². The van der Waals surface area contributed by atoms with Crippen LogP contribution >= 0.6 is 11.6 Å². The highest BCUT2D eigenvalue weighted by Crippen LogP contribution is 2.17. The zero-order valence-corrected chi connectivity index (χ0v) is 17.4. The van der Waals surface area contributed by atoms with E-state index in [2.05, 4.69) is 34.4 Å². The third kappa shape index (κ3) is 6.45. The summed E-state index contributed by atoms with van der Waals surface area (Å²) in [7, 11) is 9.83. The summed E-state index contributed by atoms with van der Waals surface area (Å²) in [6.45, 7) is 1.99. The molecule has 7 nitrogen and oxygen atoms in total. The van der Waals surface area contributed by atoms with Gasteiger partial charge in [-0.2, -0.15) is 5.10 Å². The lowest BCUT2D eigenvalue weighted by Crippen LogP contribution is -2.44. The van der Waals surface area contributed by atoms with Crippen molar-refractivity contribution in [2.45, 2.75) is 6.04 Å². The maximum Gasteiger partial charge on any atom is 0.193 e. The van der Waals surface area contributed by atoms with Crippen molar-refractivity contribution >= 4 is 17.6 Å². The highest BCUT2D eigenvalue weighted by molar-refractivity contribution is 6.30. The standard InChI is InChI=1S/C19H29ClN6O/c1-21-19(22-13-18(24(2)3)15-12-23-26(5)14-15)25(4)10-11-27-17-8-6-16(20)7-9-17/h6-9,12,14,18H,10-11,13H2,1-5H3,(H,21,22). The Morgan fingerprint density at radius 2 is 2.00 bits per heavy atom. The maximum atomic E-state index is 5.89. The lowest BCUT2D eigenvalue weighted by molar-refractivity contribution is 0.275. The Kier molecular flexibility index (Phi) is 7.94. The number of benzene rings is 1. The van der Waals surface area contributed by atoms with Crippen molar-refractivity contribution in [1.82, 2.24) is 24.9 Å². The summed E-state index contributed by atoms with van der Waals surface area (Å²) >= 11 is 5.89. The predicted octanol–water partition coefficient (Wildman–Crippen LogP) is 2.26. The highest BCUT2D eigenvalue weighted by Gasteiger charge is 2.17. The SMILES string of the molecule is CN=C(NCC(c1cnn(C)c1)N(C)C)N(C)CCOc1ccc(Cl)cc1. The van der Waals surface area contributed by atoms with Crippen LogP contribution in [-0.2, 0) is 7.05 Å². The number of nitrogens with zero attached hydrogens (tertiary/aromatic N) is 5. The van der Waals surface area contributed by atoms with Crippen LogP contribution in [0, 0.1) is 0 Å².